The molecule has 0 aliphatic rings. The first-order valence-corrected chi connectivity index (χ1v) is 11.6. The molecule has 0 saturated heterocycles. The molecule has 1 aromatic carbocycles. The zero-order valence-electron chi connectivity index (χ0n) is 17.9. The fourth-order valence-corrected chi connectivity index (χ4v) is 6.00. The van der Waals surface area contributed by atoms with Gasteiger partial charge in [-0.3, -0.25) is 4.79 Å². The Bertz CT molecular complexity index is 707. The number of carbonyl (C=O) groups excluding carboxylic acids is 1. The summed E-state index contributed by atoms with van der Waals surface area (Å²) < 4.78 is 85.4. The van der Waals surface area contributed by atoms with Crippen LogP contribution in [0.4, 0.5) is 22.0 Å². The van der Waals surface area contributed by atoms with Gasteiger partial charge in [-0.2, -0.15) is 5.12 Å². The molecule has 0 saturated carbocycles. The van der Waals surface area contributed by atoms with E-state index >= 15 is 0 Å². The number of hydrogen-bond acceptors (Lipinski definition) is 4. The lowest BCUT2D eigenvalue weighted by Gasteiger charge is -2.34. The van der Waals surface area contributed by atoms with E-state index in [9.17, 15) is 26.8 Å². The molecule has 11 heteroatoms. The fourth-order valence-electron chi connectivity index (χ4n) is 2.73. The second-order valence-corrected chi connectivity index (χ2v) is 10.1. The van der Waals surface area contributed by atoms with Gasteiger partial charge in [0.25, 0.3) is 5.91 Å². The van der Waals surface area contributed by atoms with Crippen molar-refractivity contribution in [3.8, 4) is 0 Å². The summed E-state index contributed by atoms with van der Waals surface area (Å²) in [7, 11) is -3.25. The van der Waals surface area contributed by atoms with Gasteiger partial charge >= 0.3 is 8.80 Å². The van der Waals surface area contributed by atoms with Crippen LogP contribution in [0.15, 0.2) is 6.07 Å². The highest BCUT2D eigenvalue weighted by atomic mass is 28.4. The van der Waals surface area contributed by atoms with Crippen molar-refractivity contribution >= 4 is 14.7 Å². The predicted octanol–water partition coefficient (Wildman–Crippen LogP) is 5.17. The molecule has 0 N–H and O–H groups in total. The van der Waals surface area contributed by atoms with Gasteiger partial charge in [0, 0.05) is 24.4 Å². The number of rotatable bonds is 11. The highest BCUT2D eigenvalue weighted by molar-refractivity contribution is 6.60. The minimum absolute atomic E-state index is 0.00833. The third kappa shape index (κ3) is 7.29. The molecule has 0 fully saturated rings. The highest BCUT2D eigenvalue weighted by Gasteiger charge is 2.44. The van der Waals surface area contributed by atoms with Crippen LogP contribution < -0.4 is 0 Å². The predicted molar refractivity (Wildman–Crippen MR) is 102 cm³/mol. The molecule has 0 unspecified atom stereocenters. The molecular weight excluding hydrogens is 429 g/mol. The topological polar surface area (TPSA) is 48.0 Å². The van der Waals surface area contributed by atoms with Crippen LogP contribution in [0.3, 0.4) is 0 Å². The summed E-state index contributed by atoms with van der Waals surface area (Å²) >= 11 is 0. The molecule has 0 atom stereocenters. The first-order chi connectivity index (χ1) is 13.8. The molecule has 0 radical (unpaired) electrons. The zero-order valence-corrected chi connectivity index (χ0v) is 18.9. The fraction of sp³-hybridized carbons (Fsp3) is 0.632. The van der Waals surface area contributed by atoms with Gasteiger partial charge in [-0.25, -0.2) is 17.6 Å². The van der Waals surface area contributed by atoms with Crippen molar-refractivity contribution in [1.82, 2.24) is 5.12 Å². The Kier molecular flexibility index (Phi) is 9.85. The minimum atomic E-state index is -3.25. The molecule has 1 amide bonds. The SMILES string of the molecule is CC(C)O[Si](CCCN(F)C(=O)c1cc(F)c(F)c(F)c1F)(OC(C)C)OC(C)C. The molecule has 0 bridgehead atoms. The summed E-state index contributed by atoms with van der Waals surface area (Å²) in [6, 6.07) is 0.261. The standard InChI is InChI=1S/C19H28F5NO4Si/c1-11(2)27-30(28-12(3)4,29-13(5)6)9-7-8-25(24)19(26)14-10-15(20)17(22)18(23)16(14)21/h10-13H,7-9H2,1-6H3. The molecular formula is C19H28F5NO4Si. The molecule has 1 aromatic rings. The van der Waals surface area contributed by atoms with Crippen LogP contribution in [0.5, 0.6) is 0 Å². The average molecular weight is 458 g/mol. The Morgan fingerprint density at radius 2 is 1.37 bits per heavy atom. The highest BCUT2D eigenvalue weighted by Crippen LogP contribution is 2.25. The normalized spacial score (nSPS) is 12.3. The van der Waals surface area contributed by atoms with Gasteiger partial charge in [-0.15, -0.1) is 0 Å². The summed E-state index contributed by atoms with van der Waals surface area (Å²) in [6.07, 6.45) is -0.710. The number of carbonyl (C=O) groups is 1. The average Bonchev–Trinajstić information content (AvgIpc) is 2.60. The number of hydrogen-bond donors (Lipinski definition) is 0. The maximum atomic E-state index is 14.3. The molecule has 0 aromatic heterocycles. The summed E-state index contributed by atoms with van der Waals surface area (Å²) in [4.78, 5) is 12.0. The molecule has 1 rings (SSSR count). The zero-order chi connectivity index (χ0) is 23.2. The summed E-state index contributed by atoms with van der Waals surface area (Å²) in [5.41, 5.74) is -1.24. The van der Waals surface area contributed by atoms with Crippen molar-refractivity contribution in [2.24, 2.45) is 0 Å². The third-order valence-electron chi connectivity index (χ3n) is 3.64. The Labute approximate surface area is 174 Å². The van der Waals surface area contributed by atoms with Crippen molar-refractivity contribution in [3.63, 3.8) is 0 Å². The monoisotopic (exact) mass is 457 g/mol. The van der Waals surface area contributed by atoms with Crippen LogP contribution in [-0.4, -0.2) is 44.7 Å². The van der Waals surface area contributed by atoms with Crippen LogP contribution in [0.2, 0.25) is 6.04 Å². The number of benzene rings is 1. The lowest BCUT2D eigenvalue weighted by atomic mass is 10.1. The molecule has 0 aliphatic heterocycles. The first kappa shape index (κ1) is 26.5. The molecule has 5 nitrogen and oxygen atoms in total. The van der Waals surface area contributed by atoms with E-state index in [0.29, 0.717) is 0 Å². The van der Waals surface area contributed by atoms with Crippen molar-refractivity contribution in [2.45, 2.75) is 72.3 Å². The van der Waals surface area contributed by atoms with E-state index in [1.165, 1.54) is 0 Å². The smallest absolute Gasteiger partial charge is 0.371 e. The maximum Gasteiger partial charge on any atom is 0.501 e. The molecule has 0 aliphatic carbocycles. The Morgan fingerprint density at radius 3 is 1.80 bits per heavy atom. The second-order valence-electron chi connectivity index (χ2n) is 7.53. The molecule has 172 valence electrons. The van der Waals surface area contributed by atoms with E-state index in [1.807, 2.05) is 0 Å². The summed E-state index contributed by atoms with van der Waals surface area (Å²) in [5, 5.41) is -0.394. The Hall–Kier alpha value is -1.56. The number of amides is 1. The van der Waals surface area contributed by atoms with Crippen LogP contribution in [0.25, 0.3) is 0 Å². The van der Waals surface area contributed by atoms with Crippen LogP contribution in [0.1, 0.15) is 58.3 Å². The van der Waals surface area contributed by atoms with E-state index < -0.39 is 55.2 Å². The Morgan fingerprint density at radius 1 is 0.900 bits per heavy atom. The van der Waals surface area contributed by atoms with E-state index in [4.69, 9.17) is 13.3 Å². The summed E-state index contributed by atoms with van der Waals surface area (Å²) in [6.45, 7) is 10.2. The molecule has 0 spiro atoms. The lowest BCUT2D eigenvalue weighted by molar-refractivity contribution is -0.00167. The summed E-state index contributed by atoms with van der Waals surface area (Å²) in [5.74, 6) is -9.64. The third-order valence-corrected chi connectivity index (χ3v) is 7.09. The van der Waals surface area contributed by atoms with E-state index in [-0.39, 0.29) is 36.8 Å². The lowest BCUT2D eigenvalue weighted by Crippen LogP contribution is -2.51. The first-order valence-electron chi connectivity index (χ1n) is 9.63. The maximum absolute atomic E-state index is 14.3. The van der Waals surface area contributed by atoms with Crippen molar-refractivity contribution in [2.75, 3.05) is 6.54 Å². The number of nitrogens with zero attached hydrogens (tertiary/aromatic N) is 1. The van der Waals surface area contributed by atoms with Crippen molar-refractivity contribution in [1.29, 1.82) is 0 Å². The van der Waals surface area contributed by atoms with Gasteiger partial charge in [0.2, 0.25) is 0 Å². The quantitative estimate of drug-likeness (QED) is 0.151. The largest absolute Gasteiger partial charge is 0.501 e. The van der Waals surface area contributed by atoms with Gasteiger partial charge in [-0.1, -0.05) is 4.48 Å². The van der Waals surface area contributed by atoms with Crippen LogP contribution >= 0.6 is 0 Å². The van der Waals surface area contributed by atoms with Crippen molar-refractivity contribution in [3.05, 3.63) is 34.9 Å². The van der Waals surface area contributed by atoms with E-state index in [0.717, 1.165) is 0 Å². The second kappa shape index (κ2) is 11.2. The minimum Gasteiger partial charge on any atom is -0.371 e. The number of halogens is 5. The van der Waals surface area contributed by atoms with Crippen LogP contribution in [0, 0.1) is 23.3 Å². The van der Waals surface area contributed by atoms with Gasteiger partial charge in [0.1, 0.15) is 0 Å². The van der Waals surface area contributed by atoms with Gasteiger partial charge in [0.05, 0.1) is 12.1 Å². The van der Waals surface area contributed by atoms with Crippen molar-refractivity contribution < 1.29 is 40.1 Å². The van der Waals surface area contributed by atoms with Gasteiger partial charge < -0.3 is 13.3 Å². The van der Waals surface area contributed by atoms with Gasteiger partial charge in [0.15, 0.2) is 23.3 Å². The Balaban J connectivity index is 2.93. The van der Waals surface area contributed by atoms with E-state index in [1.54, 1.807) is 41.5 Å². The van der Waals surface area contributed by atoms with Crippen LogP contribution in [-0.2, 0) is 13.3 Å². The van der Waals surface area contributed by atoms with E-state index in [2.05, 4.69) is 0 Å². The molecule has 30 heavy (non-hydrogen) atoms. The molecule has 0 heterocycles. The van der Waals surface area contributed by atoms with Gasteiger partial charge in [-0.05, 0) is 54.0 Å².